The Labute approximate surface area is 229 Å². The lowest BCUT2D eigenvalue weighted by Gasteiger charge is -2.33. The van der Waals surface area contributed by atoms with Gasteiger partial charge in [-0.3, -0.25) is 9.20 Å². The summed E-state index contributed by atoms with van der Waals surface area (Å²) >= 11 is 0. The van der Waals surface area contributed by atoms with Gasteiger partial charge in [0.1, 0.15) is 40.6 Å². The molecule has 3 fully saturated rings. The van der Waals surface area contributed by atoms with E-state index in [1.165, 1.54) is 12.1 Å². The van der Waals surface area contributed by atoms with E-state index < -0.39 is 11.7 Å². The van der Waals surface area contributed by atoms with Gasteiger partial charge >= 0.3 is 6.09 Å². The number of nitrogen functional groups attached to an aromatic ring is 1. The molecule has 7 rings (SSSR count). The van der Waals surface area contributed by atoms with Crippen LogP contribution in [0.1, 0.15) is 66.2 Å². The first-order chi connectivity index (χ1) is 19.4. The number of imidazole rings is 1. The number of nitrogens with one attached hydrogen (secondary N) is 1. The Morgan fingerprint density at radius 2 is 1.93 bits per heavy atom. The number of fused-ring (bicyclic) bond motifs is 2. The van der Waals surface area contributed by atoms with Crippen molar-refractivity contribution < 1.29 is 18.7 Å². The number of hydrogen-bond donors (Lipinski definition) is 2. The Morgan fingerprint density at radius 1 is 1.10 bits per heavy atom. The largest absolute Gasteiger partial charge is 0.444 e. The lowest BCUT2D eigenvalue weighted by molar-refractivity contribution is 0.102. The first-order valence-electron chi connectivity index (χ1n) is 13.5. The third-order valence-corrected chi connectivity index (χ3v) is 8.23. The third-order valence-electron chi connectivity index (χ3n) is 8.23. The number of benzene rings is 1. The highest BCUT2D eigenvalue weighted by molar-refractivity contribution is 6.04. The molecule has 3 N–H and O–H groups in total. The Bertz CT molecular complexity index is 1670. The van der Waals surface area contributed by atoms with Gasteiger partial charge in [0, 0.05) is 42.2 Å². The molecule has 0 bridgehead atoms. The molecule has 2 amide bonds. The summed E-state index contributed by atoms with van der Waals surface area (Å²) in [5.74, 6) is 0.691. The number of aromatic nitrogens is 4. The van der Waals surface area contributed by atoms with Gasteiger partial charge in [0.2, 0.25) is 0 Å². The van der Waals surface area contributed by atoms with E-state index in [0.29, 0.717) is 35.3 Å². The highest BCUT2D eigenvalue weighted by Gasteiger charge is 2.44. The number of carbonyl (C=O) groups is 2. The molecule has 204 valence electrons. The zero-order valence-electron chi connectivity index (χ0n) is 21.9. The van der Waals surface area contributed by atoms with Gasteiger partial charge in [-0.15, -0.1) is 0 Å². The fourth-order valence-corrected chi connectivity index (χ4v) is 5.99. The van der Waals surface area contributed by atoms with Crippen LogP contribution in [0.3, 0.4) is 0 Å². The van der Waals surface area contributed by atoms with E-state index in [9.17, 15) is 9.59 Å². The van der Waals surface area contributed by atoms with Crippen LogP contribution in [-0.2, 0) is 4.74 Å². The predicted molar refractivity (Wildman–Crippen MR) is 145 cm³/mol. The number of hydrogen-bond acceptors (Lipinski definition) is 7. The number of halogens is 1. The number of anilines is 2. The van der Waals surface area contributed by atoms with E-state index in [2.05, 4.69) is 15.3 Å². The Kier molecular flexibility index (Phi) is 5.69. The zero-order valence-corrected chi connectivity index (χ0v) is 21.9. The lowest BCUT2D eigenvalue weighted by Crippen LogP contribution is -2.43. The summed E-state index contributed by atoms with van der Waals surface area (Å²) in [6.07, 6.45) is 8.37. The minimum absolute atomic E-state index is 0.0451. The summed E-state index contributed by atoms with van der Waals surface area (Å²) in [6, 6.07) is 8.15. The summed E-state index contributed by atoms with van der Waals surface area (Å²) in [7, 11) is 0. The molecule has 1 aromatic carbocycles. The van der Waals surface area contributed by atoms with Gasteiger partial charge in [0.25, 0.3) is 5.91 Å². The summed E-state index contributed by atoms with van der Waals surface area (Å²) in [4.78, 5) is 40.4. The number of nitrogens with zero attached hydrogens (tertiary/aromatic N) is 5. The van der Waals surface area contributed by atoms with Gasteiger partial charge in [-0.1, -0.05) is 0 Å². The van der Waals surface area contributed by atoms with E-state index in [-0.39, 0.29) is 41.1 Å². The van der Waals surface area contributed by atoms with Crippen molar-refractivity contribution in [3.8, 4) is 11.3 Å². The molecule has 0 radical (unpaired) electrons. The van der Waals surface area contributed by atoms with Crippen LogP contribution < -0.4 is 11.1 Å². The van der Waals surface area contributed by atoms with E-state index in [1.807, 2.05) is 23.5 Å². The molecule has 3 aliphatic rings. The Balaban J connectivity index is 1.20. The van der Waals surface area contributed by atoms with Crippen LogP contribution in [0, 0.1) is 5.82 Å². The SMILES string of the molecule is CC1OC(=O)N2CC(c3nc(-c4ccc(C(=O)Nc5cc(C6CC6)ccn5)cc4F)c4c(N)nccn34)CCC12. The van der Waals surface area contributed by atoms with Gasteiger partial charge in [0.05, 0.1) is 6.04 Å². The van der Waals surface area contributed by atoms with Crippen molar-refractivity contribution in [1.82, 2.24) is 24.3 Å². The van der Waals surface area contributed by atoms with Crippen LogP contribution >= 0.6 is 0 Å². The topological polar surface area (TPSA) is 128 Å². The molecule has 0 spiro atoms. The van der Waals surface area contributed by atoms with E-state index in [1.54, 1.807) is 29.6 Å². The molecule has 2 saturated heterocycles. The van der Waals surface area contributed by atoms with Crippen molar-refractivity contribution in [2.75, 3.05) is 17.6 Å². The monoisotopic (exact) mass is 541 g/mol. The molecule has 11 heteroatoms. The molecule has 10 nitrogen and oxygen atoms in total. The van der Waals surface area contributed by atoms with Crippen molar-refractivity contribution in [2.45, 2.75) is 56.6 Å². The third kappa shape index (κ3) is 4.12. The fourth-order valence-electron chi connectivity index (χ4n) is 5.99. The second-order valence-electron chi connectivity index (χ2n) is 10.8. The quantitative estimate of drug-likeness (QED) is 0.374. The number of pyridine rings is 1. The Hall–Kier alpha value is -4.54. The molecular formula is C29H28FN7O3. The van der Waals surface area contributed by atoms with E-state index in [0.717, 1.165) is 31.2 Å². The summed E-state index contributed by atoms with van der Waals surface area (Å²) < 4.78 is 22.9. The molecule has 3 unspecified atom stereocenters. The maximum atomic E-state index is 15.6. The average molecular weight is 542 g/mol. The molecule has 40 heavy (non-hydrogen) atoms. The minimum atomic E-state index is -0.609. The van der Waals surface area contributed by atoms with Gasteiger partial charge in [0.15, 0.2) is 0 Å². The molecule has 3 aromatic heterocycles. The van der Waals surface area contributed by atoms with Crippen molar-refractivity contribution in [1.29, 1.82) is 0 Å². The summed E-state index contributed by atoms with van der Waals surface area (Å²) in [5.41, 5.74) is 8.59. The van der Waals surface area contributed by atoms with Crippen molar-refractivity contribution in [2.24, 2.45) is 0 Å². The van der Waals surface area contributed by atoms with Crippen LogP contribution in [0.15, 0.2) is 48.9 Å². The fraction of sp³-hybridized carbons (Fsp3) is 0.345. The van der Waals surface area contributed by atoms with E-state index in [4.69, 9.17) is 15.5 Å². The highest BCUT2D eigenvalue weighted by Crippen LogP contribution is 2.41. The summed E-state index contributed by atoms with van der Waals surface area (Å²) in [6.45, 7) is 2.36. The maximum Gasteiger partial charge on any atom is 0.410 e. The number of piperidine rings is 1. The van der Waals surface area contributed by atoms with E-state index >= 15 is 4.39 Å². The van der Waals surface area contributed by atoms with Gasteiger partial charge < -0.3 is 20.7 Å². The molecule has 4 aromatic rings. The zero-order chi connectivity index (χ0) is 27.5. The maximum absolute atomic E-state index is 15.6. The number of cyclic esters (lactones) is 1. The molecule has 3 atom stereocenters. The van der Waals surface area contributed by atoms with Crippen molar-refractivity contribution in [3.63, 3.8) is 0 Å². The first-order valence-corrected chi connectivity index (χ1v) is 13.5. The van der Waals surface area contributed by atoms with Crippen molar-refractivity contribution >= 4 is 29.2 Å². The molecular weight excluding hydrogens is 513 g/mol. The van der Waals surface area contributed by atoms with Crippen LogP contribution in [0.5, 0.6) is 0 Å². The smallest absolute Gasteiger partial charge is 0.410 e. The second-order valence-corrected chi connectivity index (χ2v) is 10.8. The highest BCUT2D eigenvalue weighted by atomic mass is 19.1. The van der Waals surface area contributed by atoms with Gasteiger partial charge in [-0.05, 0) is 74.4 Å². The number of carbonyl (C=O) groups excluding carboxylic acids is 2. The van der Waals surface area contributed by atoms with Crippen LogP contribution in [0.4, 0.5) is 20.8 Å². The predicted octanol–water partition coefficient (Wildman–Crippen LogP) is 4.73. The molecule has 1 aliphatic carbocycles. The molecule has 1 saturated carbocycles. The number of rotatable bonds is 5. The minimum Gasteiger partial charge on any atom is -0.444 e. The number of nitrogens with two attached hydrogens (primary N) is 1. The van der Waals surface area contributed by atoms with Gasteiger partial charge in [-0.2, -0.15) is 0 Å². The lowest BCUT2D eigenvalue weighted by atomic mass is 9.91. The van der Waals surface area contributed by atoms with Crippen LogP contribution in [0.2, 0.25) is 0 Å². The average Bonchev–Trinajstić information content (AvgIpc) is 3.67. The van der Waals surface area contributed by atoms with Gasteiger partial charge in [-0.25, -0.2) is 24.1 Å². The summed E-state index contributed by atoms with van der Waals surface area (Å²) in [5, 5.41) is 2.77. The normalized spacial score (nSPS) is 22.3. The number of amides is 2. The first kappa shape index (κ1) is 24.5. The molecule has 5 heterocycles. The second kappa shape index (κ2) is 9.29. The standard InChI is InChI=1S/C29H28FN7O3/c1-15-22-7-5-19(14-37(22)29(39)40-15)27-35-24(25-26(31)33-10-11-36(25)27)20-6-4-18(12-21(20)30)28(38)34-23-13-17(8-9-32-23)16-2-3-16/h4,6,8-13,15-16,19,22H,2-3,5,7,14H2,1H3,(H2,31,33)(H,32,34,38). The Morgan fingerprint density at radius 3 is 2.73 bits per heavy atom. The van der Waals surface area contributed by atoms with Crippen molar-refractivity contribution in [3.05, 3.63) is 71.7 Å². The number of ether oxygens (including phenoxy) is 1. The molecule has 2 aliphatic heterocycles. The van der Waals surface area contributed by atoms with Crippen LogP contribution in [0.25, 0.3) is 16.8 Å². The van der Waals surface area contributed by atoms with Crippen LogP contribution in [-0.4, -0.2) is 54.9 Å².